The van der Waals surface area contributed by atoms with Gasteiger partial charge in [-0.05, 0) is 24.5 Å². The van der Waals surface area contributed by atoms with Crippen molar-refractivity contribution in [1.82, 2.24) is 10.2 Å². The number of alkyl halides is 3. The van der Waals surface area contributed by atoms with E-state index < -0.39 is 17.8 Å². The molecular formula is C16H21F3N2O3. The second-order valence-electron chi connectivity index (χ2n) is 5.28. The molecule has 0 aromatic heterocycles. The Morgan fingerprint density at radius 3 is 2.50 bits per heavy atom. The lowest BCUT2D eigenvalue weighted by atomic mass is 10.1. The van der Waals surface area contributed by atoms with Gasteiger partial charge in [-0.2, -0.15) is 13.2 Å². The van der Waals surface area contributed by atoms with Crippen LogP contribution in [0.1, 0.15) is 30.4 Å². The predicted octanol–water partition coefficient (Wildman–Crippen LogP) is 3.19. The molecule has 1 N–H and O–H groups in total. The molecule has 0 fully saturated rings. The highest BCUT2D eigenvalue weighted by molar-refractivity contribution is 5.73. The molecule has 1 aromatic carbocycles. The fourth-order valence-corrected chi connectivity index (χ4v) is 2.09. The summed E-state index contributed by atoms with van der Waals surface area (Å²) in [5.74, 6) is -0.317. The van der Waals surface area contributed by atoms with Crippen LogP contribution in [0, 0.1) is 0 Å². The molecule has 24 heavy (non-hydrogen) atoms. The Labute approximate surface area is 138 Å². The van der Waals surface area contributed by atoms with Crippen LogP contribution >= 0.6 is 0 Å². The maximum Gasteiger partial charge on any atom is 0.416 e. The summed E-state index contributed by atoms with van der Waals surface area (Å²) >= 11 is 0. The van der Waals surface area contributed by atoms with Crippen LogP contribution in [0.15, 0.2) is 24.3 Å². The maximum atomic E-state index is 12.9. The van der Waals surface area contributed by atoms with E-state index in [1.54, 1.807) is 0 Å². The number of amides is 2. The van der Waals surface area contributed by atoms with E-state index in [0.29, 0.717) is 19.4 Å². The number of urea groups is 1. The van der Waals surface area contributed by atoms with Crippen LogP contribution in [0.2, 0.25) is 0 Å². The van der Waals surface area contributed by atoms with Crippen molar-refractivity contribution in [1.29, 1.82) is 0 Å². The quantitative estimate of drug-likeness (QED) is 0.609. The zero-order valence-corrected chi connectivity index (χ0v) is 13.7. The molecule has 8 heteroatoms. The van der Waals surface area contributed by atoms with Gasteiger partial charge in [0.25, 0.3) is 0 Å². The summed E-state index contributed by atoms with van der Waals surface area (Å²) in [6, 6.07) is 4.69. The highest BCUT2D eigenvalue weighted by atomic mass is 19.4. The number of methoxy groups -OCH3 is 1. The topological polar surface area (TPSA) is 58.6 Å². The molecule has 0 saturated carbocycles. The van der Waals surface area contributed by atoms with Crippen molar-refractivity contribution in [2.24, 2.45) is 0 Å². The van der Waals surface area contributed by atoms with Crippen LogP contribution in [0.25, 0.3) is 0 Å². The first-order chi connectivity index (χ1) is 11.3. The number of carbonyl (C=O) groups excluding carboxylic acids is 2. The van der Waals surface area contributed by atoms with Gasteiger partial charge in [-0.3, -0.25) is 4.79 Å². The molecule has 0 unspecified atom stereocenters. The third-order valence-corrected chi connectivity index (χ3v) is 3.39. The average Bonchev–Trinajstić information content (AvgIpc) is 2.53. The van der Waals surface area contributed by atoms with Gasteiger partial charge in [0.1, 0.15) is 0 Å². The fourth-order valence-electron chi connectivity index (χ4n) is 2.09. The van der Waals surface area contributed by atoms with E-state index >= 15 is 0 Å². The molecule has 0 aliphatic heterocycles. The van der Waals surface area contributed by atoms with E-state index in [9.17, 15) is 22.8 Å². The second kappa shape index (κ2) is 9.14. The number of halogens is 3. The normalized spacial score (nSPS) is 11.0. The van der Waals surface area contributed by atoms with E-state index in [2.05, 4.69) is 10.1 Å². The van der Waals surface area contributed by atoms with Gasteiger partial charge in [-0.25, -0.2) is 4.79 Å². The first kappa shape index (κ1) is 19.8. The van der Waals surface area contributed by atoms with Gasteiger partial charge in [-0.1, -0.05) is 18.2 Å². The number of nitrogens with zero attached hydrogens (tertiary/aromatic N) is 1. The first-order valence-corrected chi connectivity index (χ1v) is 7.46. The molecule has 5 nitrogen and oxygen atoms in total. The summed E-state index contributed by atoms with van der Waals surface area (Å²) in [5.41, 5.74) is -0.712. The van der Waals surface area contributed by atoms with Crippen molar-refractivity contribution >= 4 is 12.0 Å². The molecule has 0 heterocycles. The first-order valence-electron chi connectivity index (χ1n) is 7.46. The molecule has 0 atom stereocenters. The number of unbranched alkanes of at least 4 members (excludes halogenated alkanes) is 1. The van der Waals surface area contributed by atoms with Crippen LogP contribution in [-0.4, -0.2) is 37.6 Å². The highest BCUT2D eigenvalue weighted by Crippen LogP contribution is 2.32. The molecular weight excluding hydrogens is 325 g/mol. The number of hydrogen-bond donors (Lipinski definition) is 1. The van der Waals surface area contributed by atoms with Gasteiger partial charge in [0.05, 0.1) is 12.7 Å². The van der Waals surface area contributed by atoms with E-state index in [1.807, 2.05) is 0 Å². The molecule has 0 aliphatic rings. The standard InChI is InChI=1S/C16H21F3N2O3/c1-21(15(23)20-10-6-5-9-14(22)24-2)11-12-7-3-4-8-13(12)16(17,18)19/h3-4,7-8H,5-6,9-11H2,1-2H3,(H,20,23). The summed E-state index contributed by atoms with van der Waals surface area (Å²) in [5, 5.41) is 2.61. The Morgan fingerprint density at radius 1 is 1.21 bits per heavy atom. The number of carbonyl (C=O) groups is 2. The smallest absolute Gasteiger partial charge is 0.416 e. The van der Waals surface area contributed by atoms with Gasteiger partial charge in [-0.15, -0.1) is 0 Å². The lowest BCUT2D eigenvalue weighted by Gasteiger charge is -2.20. The van der Waals surface area contributed by atoms with Crippen LogP contribution in [-0.2, 0) is 22.3 Å². The van der Waals surface area contributed by atoms with Crippen LogP contribution in [0.5, 0.6) is 0 Å². The highest BCUT2D eigenvalue weighted by Gasteiger charge is 2.33. The third kappa shape index (κ3) is 6.47. The average molecular weight is 346 g/mol. The minimum atomic E-state index is -4.46. The van der Waals surface area contributed by atoms with Gasteiger partial charge in [0.15, 0.2) is 0 Å². The van der Waals surface area contributed by atoms with Gasteiger partial charge in [0.2, 0.25) is 0 Å². The van der Waals surface area contributed by atoms with Crippen molar-refractivity contribution in [2.75, 3.05) is 20.7 Å². The maximum absolute atomic E-state index is 12.9. The minimum Gasteiger partial charge on any atom is -0.469 e. The molecule has 0 saturated heterocycles. The third-order valence-electron chi connectivity index (χ3n) is 3.39. The number of hydrogen-bond acceptors (Lipinski definition) is 3. The van der Waals surface area contributed by atoms with Crippen molar-refractivity contribution < 1.29 is 27.5 Å². The number of ether oxygens (including phenoxy) is 1. The van der Waals surface area contributed by atoms with Crippen molar-refractivity contribution in [3.8, 4) is 0 Å². The Balaban J connectivity index is 2.46. The summed E-state index contributed by atoms with van der Waals surface area (Å²) in [6.45, 7) is 0.185. The summed E-state index contributed by atoms with van der Waals surface area (Å²) < 4.78 is 43.3. The fraction of sp³-hybridized carbons (Fsp3) is 0.500. The Kier molecular flexibility index (Phi) is 7.54. The zero-order valence-electron chi connectivity index (χ0n) is 13.7. The Bertz CT molecular complexity index is 562. The summed E-state index contributed by atoms with van der Waals surface area (Å²) in [4.78, 5) is 24.0. The van der Waals surface area contributed by atoms with E-state index in [1.165, 1.54) is 37.3 Å². The van der Waals surface area contributed by atoms with Crippen LogP contribution in [0.3, 0.4) is 0 Å². The van der Waals surface area contributed by atoms with E-state index in [-0.39, 0.29) is 24.5 Å². The van der Waals surface area contributed by atoms with Crippen molar-refractivity contribution in [2.45, 2.75) is 32.0 Å². The Morgan fingerprint density at radius 2 is 1.88 bits per heavy atom. The van der Waals surface area contributed by atoms with Crippen LogP contribution < -0.4 is 5.32 Å². The molecule has 0 radical (unpaired) electrons. The SMILES string of the molecule is COC(=O)CCCCNC(=O)N(C)Cc1ccccc1C(F)(F)F. The van der Waals surface area contributed by atoms with Crippen molar-refractivity contribution in [3.05, 3.63) is 35.4 Å². The largest absolute Gasteiger partial charge is 0.469 e. The molecule has 0 spiro atoms. The Hall–Kier alpha value is -2.25. The lowest BCUT2D eigenvalue weighted by molar-refractivity contribution is -0.141. The van der Waals surface area contributed by atoms with E-state index in [0.717, 1.165) is 6.07 Å². The lowest BCUT2D eigenvalue weighted by Crippen LogP contribution is -2.37. The van der Waals surface area contributed by atoms with E-state index in [4.69, 9.17) is 0 Å². The molecule has 1 aromatic rings. The number of rotatable bonds is 7. The van der Waals surface area contributed by atoms with Gasteiger partial charge >= 0.3 is 18.2 Å². The number of benzene rings is 1. The zero-order chi connectivity index (χ0) is 18.2. The minimum absolute atomic E-state index is 0.0355. The van der Waals surface area contributed by atoms with Crippen molar-refractivity contribution in [3.63, 3.8) is 0 Å². The number of esters is 1. The molecule has 134 valence electrons. The van der Waals surface area contributed by atoms with Gasteiger partial charge < -0.3 is 15.0 Å². The van der Waals surface area contributed by atoms with Crippen LogP contribution in [0.4, 0.5) is 18.0 Å². The molecule has 1 rings (SSSR count). The monoisotopic (exact) mass is 346 g/mol. The predicted molar refractivity (Wildman–Crippen MR) is 82.2 cm³/mol. The summed E-state index contributed by atoms with van der Waals surface area (Å²) in [7, 11) is 2.73. The molecule has 0 aliphatic carbocycles. The second-order valence-corrected chi connectivity index (χ2v) is 5.28. The summed E-state index contributed by atoms with van der Waals surface area (Å²) in [6.07, 6.45) is -3.05. The van der Waals surface area contributed by atoms with Gasteiger partial charge in [0, 0.05) is 26.6 Å². The number of nitrogens with one attached hydrogen (secondary N) is 1. The molecule has 2 amide bonds. The molecule has 0 bridgehead atoms.